The van der Waals surface area contributed by atoms with Crippen molar-refractivity contribution in [1.82, 2.24) is 4.90 Å². The van der Waals surface area contributed by atoms with E-state index in [4.69, 9.17) is 4.42 Å². The summed E-state index contributed by atoms with van der Waals surface area (Å²) in [6.07, 6.45) is 3.63. The van der Waals surface area contributed by atoms with Crippen molar-refractivity contribution in [3.8, 4) is 0 Å². The highest BCUT2D eigenvalue weighted by molar-refractivity contribution is 5.86. The lowest BCUT2D eigenvalue weighted by Crippen LogP contribution is -2.54. The van der Waals surface area contributed by atoms with Crippen LogP contribution < -0.4 is 0 Å². The van der Waals surface area contributed by atoms with E-state index in [-0.39, 0.29) is 17.9 Å². The van der Waals surface area contributed by atoms with Crippen molar-refractivity contribution in [2.75, 3.05) is 0 Å². The molecule has 3 heteroatoms. The van der Waals surface area contributed by atoms with E-state index in [1.165, 1.54) is 0 Å². The molecule has 1 aliphatic heterocycles. The second kappa shape index (κ2) is 5.53. The normalized spacial score (nSPS) is 21.9. The van der Waals surface area contributed by atoms with E-state index in [2.05, 4.69) is 19.1 Å². The minimum absolute atomic E-state index is 0.0786. The molecule has 1 amide bonds. The quantitative estimate of drug-likeness (QED) is 0.774. The SMILES string of the molecule is CCC[C@H]1C(=O)N(Cc2ccccc2)[C@@H]1c1ccco1. The molecule has 1 aromatic carbocycles. The second-order valence-electron chi connectivity index (χ2n) is 5.31. The van der Waals surface area contributed by atoms with Gasteiger partial charge >= 0.3 is 0 Å². The summed E-state index contributed by atoms with van der Waals surface area (Å²) in [6, 6.07) is 14.1. The summed E-state index contributed by atoms with van der Waals surface area (Å²) in [5.74, 6) is 1.23. The zero-order chi connectivity index (χ0) is 13.9. The Hall–Kier alpha value is -2.03. The van der Waals surface area contributed by atoms with Crippen LogP contribution in [0.3, 0.4) is 0 Å². The molecule has 2 aromatic rings. The molecule has 3 rings (SSSR count). The van der Waals surface area contributed by atoms with Gasteiger partial charge in [-0.3, -0.25) is 4.79 Å². The smallest absolute Gasteiger partial charge is 0.229 e. The van der Waals surface area contributed by atoms with Crippen LogP contribution in [0.4, 0.5) is 0 Å². The minimum atomic E-state index is 0.0786. The number of hydrogen-bond donors (Lipinski definition) is 0. The lowest BCUT2D eigenvalue weighted by Gasteiger charge is -2.46. The number of carbonyl (C=O) groups is 1. The summed E-state index contributed by atoms with van der Waals surface area (Å²) < 4.78 is 5.54. The van der Waals surface area contributed by atoms with Crippen LogP contribution in [0.15, 0.2) is 53.1 Å². The van der Waals surface area contributed by atoms with Gasteiger partial charge in [-0.05, 0) is 24.1 Å². The Morgan fingerprint density at radius 3 is 2.60 bits per heavy atom. The first kappa shape index (κ1) is 13.0. The third-order valence-electron chi connectivity index (χ3n) is 3.95. The third kappa shape index (κ3) is 2.24. The first-order valence-electron chi connectivity index (χ1n) is 7.19. The monoisotopic (exact) mass is 269 g/mol. The zero-order valence-corrected chi connectivity index (χ0v) is 11.7. The van der Waals surface area contributed by atoms with Crippen LogP contribution in [-0.2, 0) is 11.3 Å². The molecular formula is C17H19NO2. The van der Waals surface area contributed by atoms with Crippen molar-refractivity contribution < 1.29 is 9.21 Å². The average Bonchev–Trinajstić information content (AvgIpc) is 3.00. The predicted molar refractivity (Wildman–Crippen MR) is 76.8 cm³/mol. The lowest BCUT2D eigenvalue weighted by atomic mass is 9.82. The third-order valence-corrected chi connectivity index (χ3v) is 3.95. The summed E-state index contributed by atoms with van der Waals surface area (Å²) >= 11 is 0. The van der Waals surface area contributed by atoms with Gasteiger partial charge < -0.3 is 9.32 Å². The van der Waals surface area contributed by atoms with Gasteiger partial charge in [0, 0.05) is 6.54 Å². The number of carbonyl (C=O) groups excluding carboxylic acids is 1. The van der Waals surface area contributed by atoms with Crippen molar-refractivity contribution in [3.63, 3.8) is 0 Å². The maximum absolute atomic E-state index is 12.3. The van der Waals surface area contributed by atoms with Gasteiger partial charge in [0.1, 0.15) is 11.8 Å². The van der Waals surface area contributed by atoms with E-state index in [0.717, 1.165) is 24.2 Å². The summed E-state index contributed by atoms with van der Waals surface area (Å²) in [7, 11) is 0. The number of furan rings is 1. The first-order chi connectivity index (χ1) is 9.81. The van der Waals surface area contributed by atoms with E-state index >= 15 is 0 Å². The molecule has 2 atom stereocenters. The molecule has 0 spiro atoms. The number of hydrogen-bond acceptors (Lipinski definition) is 2. The van der Waals surface area contributed by atoms with Crippen molar-refractivity contribution in [2.24, 2.45) is 5.92 Å². The van der Waals surface area contributed by atoms with Crippen molar-refractivity contribution in [2.45, 2.75) is 32.4 Å². The van der Waals surface area contributed by atoms with Gasteiger partial charge in [-0.15, -0.1) is 0 Å². The Bertz CT molecular complexity index is 562. The molecule has 0 radical (unpaired) electrons. The van der Waals surface area contributed by atoms with Crippen molar-refractivity contribution >= 4 is 5.91 Å². The molecule has 0 saturated carbocycles. The van der Waals surface area contributed by atoms with Crippen LogP contribution in [0.2, 0.25) is 0 Å². The van der Waals surface area contributed by atoms with Crippen LogP contribution in [0.1, 0.15) is 37.1 Å². The van der Waals surface area contributed by atoms with Crippen LogP contribution in [0, 0.1) is 5.92 Å². The molecule has 0 bridgehead atoms. The molecule has 0 aliphatic carbocycles. The Labute approximate surface area is 119 Å². The van der Waals surface area contributed by atoms with Crippen molar-refractivity contribution in [1.29, 1.82) is 0 Å². The number of β-lactam (4-membered cyclic amide) rings is 1. The van der Waals surface area contributed by atoms with Crippen LogP contribution in [0.5, 0.6) is 0 Å². The molecule has 0 unspecified atom stereocenters. The summed E-state index contributed by atoms with van der Waals surface area (Å²) in [5.41, 5.74) is 1.16. The molecule has 1 aromatic heterocycles. The maximum Gasteiger partial charge on any atom is 0.229 e. The van der Waals surface area contributed by atoms with Crippen LogP contribution in [-0.4, -0.2) is 10.8 Å². The van der Waals surface area contributed by atoms with Crippen LogP contribution in [0.25, 0.3) is 0 Å². The molecule has 3 nitrogen and oxygen atoms in total. The number of amides is 1. The van der Waals surface area contributed by atoms with Gasteiger partial charge in [0.2, 0.25) is 5.91 Å². The fraction of sp³-hybridized carbons (Fsp3) is 0.353. The van der Waals surface area contributed by atoms with Gasteiger partial charge in [-0.25, -0.2) is 0 Å². The highest BCUT2D eigenvalue weighted by Gasteiger charge is 2.48. The standard InChI is InChI=1S/C17H19NO2/c1-2-7-14-16(15-10-6-11-20-15)18(17(14)19)12-13-8-4-3-5-9-13/h3-6,8-11,14,16H,2,7,12H2,1H3/t14-,16+/m1/s1. The molecule has 1 fully saturated rings. The van der Waals surface area contributed by atoms with Gasteiger partial charge in [-0.2, -0.15) is 0 Å². The number of nitrogens with zero attached hydrogens (tertiary/aromatic N) is 1. The topological polar surface area (TPSA) is 33.5 Å². The highest BCUT2D eigenvalue weighted by atomic mass is 16.3. The molecule has 0 N–H and O–H groups in total. The average molecular weight is 269 g/mol. The number of benzene rings is 1. The molecule has 20 heavy (non-hydrogen) atoms. The first-order valence-corrected chi connectivity index (χ1v) is 7.19. The highest BCUT2D eigenvalue weighted by Crippen LogP contribution is 2.43. The van der Waals surface area contributed by atoms with E-state index in [1.54, 1.807) is 6.26 Å². The molecular weight excluding hydrogens is 250 g/mol. The summed E-state index contributed by atoms with van der Waals surface area (Å²) in [6.45, 7) is 2.78. The van der Waals surface area contributed by atoms with Gasteiger partial charge in [-0.1, -0.05) is 43.7 Å². The maximum atomic E-state index is 12.3. The van der Waals surface area contributed by atoms with E-state index < -0.39 is 0 Å². The minimum Gasteiger partial charge on any atom is -0.467 e. The Balaban J connectivity index is 1.80. The fourth-order valence-electron chi connectivity index (χ4n) is 2.98. The molecule has 104 valence electrons. The van der Waals surface area contributed by atoms with E-state index in [0.29, 0.717) is 6.54 Å². The van der Waals surface area contributed by atoms with Gasteiger partial charge in [0.05, 0.1) is 12.2 Å². The fourth-order valence-corrected chi connectivity index (χ4v) is 2.98. The predicted octanol–water partition coefficient (Wildman–Crippen LogP) is 3.78. The van der Waals surface area contributed by atoms with E-state index in [9.17, 15) is 4.79 Å². The molecule has 1 aliphatic rings. The van der Waals surface area contributed by atoms with Crippen LogP contribution >= 0.6 is 0 Å². The zero-order valence-electron chi connectivity index (χ0n) is 11.7. The van der Waals surface area contributed by atoms with Gasteiger partial charge in [0.25, 0.3) is 0 Å². The Kier molecular flexibility index (Phi) is 3.59. The summed E-state index contributed by atoms with van der Waals surface area (Å²) in [5, 5.41) is 0. The van der Waals surface area contributed by atoms with E-state index in [1.807, 2.05) is 35.2 Å². The second-order valence-corrected chi connectivity index (χ2v) is 5.31. The van der Waals surface area contributed by atoms with Crippen molar-refractivity contribution in [3.05, 3.63) is 60.1 Å². The summed E-state index contributed by atoms with van der Waals surface area (Å²) in [4.78, 5) is 14.3. The number of rotatable bonds is 5. The Morgan fingerprint density at radius 2 is 1.95 bits per heavy atom. The largest absolute Gasteiger partial charge is 0.467 e. The lowest BCUT2D eigenvalue weighted by molar-refractivity contribution is -0.160. The molecule has 1 saturated heterocycles. The molecule has 2 heterocycles. The van der Waals surface area contributed by atoms with Gasteiger partial charge in [0.15, 0.2) is 0 Å². The Morgan fingerprint density at radius 1 is 1.15 bits per heavy atom. The number of likely N-dealkylation sites (tertiary alicyclic amines) is 1.